The average Bonchev–Trinajstić information content (AvgIpc) is 2.70. The van der Waals surface area contributed by atoms with Crippen molar-refractivity contribution in [2.24, 2.45) is 5.92 Å². The van der Waals surface area contributed by atoms with Gasteiger partial charge in [0.2, 0.25) is 5.91 Å². The first-order chi connectivity index (χ1) is 14.1. The van der Waals surface area contributed by atoms with Crippen LogP contribution in [-0.2, 0) is 15.7 Å². The highest BCUT2D eigenvalue weighted by atomic mass is 19.4. The molecule has 1 fully saturated rings. The third-order valence-corrected chi connectivity index (χ3v) is 4.82. The zero-order valence-electron chi connectivity index (χ0n) is 17.2. The van der Waals surface area contributed by atoms with Crippen molar-refractivity contribution in [2.75, 3.05) is 32.8 Å². The maximum atomic E-state index is 13.2. The molecule has 7 nitrogen and oxygen atoms in total. The van der Waals surface area contributed by atoms with Crippen LogP contribution in [0.4, 0.5) is 18.0 Å². The van der Waals surface area contributed by atoms with Crippen molar-refractivity contribution < 1.29 is 32.3 Å². The summed E-state index contributed by atoms with van der Waals surface area (Å²) in [5.74, 6) is -1.24. The van der Waals surface area contributed by atoms with Gasteiger partial charge in [0.05, 0.1) is 17.7 Å². The number of nitrogens with zero attached hydrogens (tertiary/aromatic N) is 2. The topological polar surface area (TPSA) is 79.0 Å². The van der Waals surface area contributed by atoms with E-state index in [0.29, 0.717) is 0 Å². The first-order valence-corrected chi connectivity index (χ1v) is 9.73. The van der Waals surface area contributed by atoms with Crippen LogP contribution in [0.5, 0.6) is 0 Å². The molecule has 0 spiro atoms. The Balaban J connectivity index is 2.04. The van der Waals surface area contributed by atoms with Crippen LogP contribution in [0, 0.1) is 5.92 Å². The van der Waals surface area contributed by atoms with E-state index in [1.54, 1.807) is 20.8 Å². The second kappa shape index (κ2) is 9.82. The van der Waals surface area contributed by atoms with Gasteiger partial charge in [0, 0.05) is 26.2 Å². The van der Waals surface area contributed by atoms with Gasteiger partial charge in [-0.05, 0) is 25.0 Å². The minimum absolute atomic E-state index is 0.0982. The Kier molecular flexibility index (Phi) is 7.69. The van der Waals surface area contributed by atoms with E-state index in [4.69, 9.17) is 4.74 Å². The van der Waals surface area contributed by atoms with Crippen LogP contribution >= 0.6 is 0 Å². The predicted molar refractivity (Wildman–Crippen MR) is 103 cm³/mol. The Hall–Kier alpha value is -2.78. The molecule has 0 saturated carbocycles. The van der Waals surface area contributed by atoms with E-state index in [2.05, 4.69) is 5.32 Å². The van der Waals surface area contributed by atoms with E-state index >= 15 is 0 Å². The number of hydrogen-bond acceptors (Lipinski definition) is 4. The molecule has 1 N–H and O–H groups in total. The number of hydrogen-bond donors (Lipinski definition) is 1. The minimum atomic E-state index is -4.63. The normalized spacial score (nSPS) is 15.7. The van der Waals surface area contributed by atoms with Gasteiger partial charge in [0.15, 0.2) is 0 Å². The fourth-order valence-electron chi connectivity index (χ4n) is 3.23. The molecule has 2 rings (SSSR count). The summed E-state index contributed by atoms with van der Waals surface area (Å²) in [6, 6.07) is 3.86. The van der Waals surface area contributed by atoms with E-state index in [1.165, 1.54) is 21.9 Å². The summed E-state index contributed by atoms with van der Waals surface area (Å²) < 4.78 is 44.4. The van der Waals surface area contributed by atoms with Crippen molar-refractivity contribution in [3.8, 4) is 0 Å². The van der Waals surface area contributed by atoms with Crippen LogP contribution < -0.4 is 5.32 Å². The summed E-state index contributed by atoms with van der Waals surface area (Å²) in [6.07, 6.45) is -5.32. The highest BCUT2D eigenvalue weighted by Gasteiger charge is 2.37. The number of alkyl halides is 3. The highest BCUT2D eigenvalue weighted by Crippen LogP contribution is 2.32. The fraction of sp³-hybridized carbons (Fsp3) is 0.550. The summed E-state index contributed by atoms with van der Waals surface area (Å²) >= 11 is 0. The van der Waals surface area contributed by atoms with Crippen LogP contribution in [-0.4, -0.2) is 66.5 Å². The molecule has 0 aliphatic carbocycles. The van der Waals surface area contributed by atoms with Crippen LogP contribution in [0.2, 0.25) is 0 Å². The number of piperazine rings is 1. The van der Waals surface area contributed by atoms with Crippen molar-refractivity contribution >= 4 is 17.9 Å². The van der Waals surface area contributed by atoms with Gasteiger partial charge >= 0.3 is 12.3 Å². The van der Waals surface area contributed by atoms with E-state index in [9.17, 15) is 27.6 Å². The van der Waals surface area contributed by atoms with Gasteiger partial charge in [-0.3, -0.25) is 9.59 Å². The molecule has 1 heterocycles. The largest absolute Gasteiger partial charge is 0.450 e. The Morgan fingerprint density at radius 3 is 2.17 bits per heavy atom. The standard InChI is InChI=1S/C20H26F3N3O4/c1-4-30-19(29)24-16(13(2)3)18(28)26-11-9-25(10-12-26)17(27)14-7-5-6-8-15(14)20(21,22)23/h5-8,13,16H,4,9-12H2,1-3H3,(H,24,29). The molecule has 10 heteroatoms. The average molecular weight is 429 g/mol. The summed E-state index contributed by atoms with van der Waals surface area (Å²) in [5.41, 5.74) is -1.39. The van der Waals surface area contributed by atoms with Crippen molar-refractivity contribution in [1.82, 2.24) is 15.1 Å². The number of benzene rings is 1. The molecule has 1 atom stereocenters. The smallest absolute Gasteiger partial charge is 0.417 e. The zero-order chi connectivity index (χ0) is 22.5. The summed E-state index contributed by atoms with van der Waals surface area (Å²) in [7, 11) is 0. The molecule has 1 unspecified atom stereocenters. The van der Waals surface area contributed by atoms with Gasteiger partial charge in [-0.15, -0.1) is 0 Å². The number of carbonyl (C=O) groups excluding carboxylic acids is 3. The van der Waals surface area contributed by atoms with Gasteiger partial charge in [0.1, 0.15) is 6.04 Å². The number of carbonyl (C=O) groups is 3. The summed E-state index contributed by atoms with van der Waals surface area (Å²) in [6.45, 7) is 5.90. The van der Waals surface area contributed by atoms with Crippen LogP contribution in [0.25, 0.3) is 0 Å². The molecule has 3 amide bonds. The van der Waals surface area contributed by atoms with Crippen LogP contribution in [0.1, 0.15) is 36.7 Å². The van der Waals surface area contributed by atoms with E-state index < -0.39 is 35.3 Å². The molecule has 0 radical (unpaired) electrons. The molecule has 166 valence electrons. The lowest BCUT2D eigenvalue weighted by atomic mass is 10.0. The first-order valence-electron chi connectivity index (χ1n) is 9.73. The Bertz CT molecular complexity index is 775. The van der Waals surface area contributed by atoms with Gasteiger partial charge < -0.3 is 19.9 Å². The predicted octanol–water partition coefficient (Wildman–Crippen LogP) is 2.76. The summed E-state index contributed by atoms with van der Waals surface area (Å²) in [5, 5.41) is 2.54. The molecule has 1 aromatic carbocycles. The molecule has 0 aromatic heterocycles. The Morgan fingerprint density at radius 2 is 1.63 bits per heavy atom. The first kappa shape index (κ1) is 23.5. The second-order valence-corrected chi connectivity index (χ2v) is 7.25. The third-order valence-electron chi connectivity index (χ3n) is 4.82. The van der Waals surface area contributed by atoms with Gasteiger partial charge in [-0.25, -0.2) is 4.79 Å². The number of rotatable bonds is 5. The minimum Gasteiger partial charge on any atom is -0.450 e. The monoisotopic (exact) mass is 429 g/mol. The van der Waals surface area contributed by atoms with Gasteiger partial charge in [-0.2, -0.15) is 13.2 Å². The van der Waals surface area contributed by atoms with Crippen molar-refractivity contribution in [3.63, 3.8) is 0 Å². The molecule has 1 saturated heterocycles. The number of alkyl carbamates (subject to hydrolysis) is 1. The van der Waals surface area contributed by atoms with Gasteiger partial charge in [-0.1, -0.05) is 26.0 Å². The number of nitrogens with one attached hydrogen (secondary N) is 1. The third kappa shape index (κ3) is 5.64. The van der Waals surface area contributed by atoms with E-state index in [1.807, 2.05) is 0 Å². The molecule has 1 aliphatic heterocycles. The fourth-order valence-corrected chi connectivity index (χ4v) is 3.23. The SMILES string of the molecule is CCOC(=O)NC(C(=O)N1CCN(C(=O)c2ccccc2C(F)(F)F)CC1)C(C)C. The van der Waals surface area contributed by atoms with Crippen molar-refractivity contribution in [3.05, 3.63) is 35.4 Å². The second-order valence-electron chi connectivity index (χ2n) is 7.25. The summed E-state index contributed by atoms with van der Waals surface area (Å²) in [4.78, 5) is 40.0. The van der Waals surface area contributed by atoms with Crippen LogP contribution in [0.15, 0.2) is 24.3 Å². The zero-order valence-corrected chi connectivity index (χ0v) is 17.2. The van der Waals surface area contributed by atoms with Gasteiger partial charge in [0.25, 0.3) is 5.91 Å². The van der Waals surface area contributed by atoms with Crippen molar-refractivity contribution in [2.45, 2.75) is 33.0 Å². The van der Waals surface area contributed by atoms with E-state index in [-0.39, 0.29) is 44.6 Å². The van der Waals surface area contributed by atoms with Crippen LogP contribution in [0.3, 0.4) is 0 Å². The molecule has 1 aromatic rings. The molecule has 30 heavy (non-hydrogen) atoms. The number of amides is 3. The molecule has 1 aliphatic rings. The van der Waals surface area contributed by atoms with Crippen molar-refractivity contribution in [1.29, 1.82) is 0 Å². The Morgan fingerprint density at radius 1 is 1.07 bits per heavy atom. The molecular formula is C20H26F3N3O4. The quantitative estimate of drug-likeness (QED) is 0.781. The maximum Gasteiger partial charge on any atom is 0.417 e. The van der Waals surface area contributed by atoms with E-state index in [0.717, 1.165) is 12.1 Å². The lowest BCUT2D eigenvalue weighted by Crippen LogP contribution is -2.57. The lowest BCUT2D eigenvalue weighted by molar-refractivity contribution is -0.138. The lowest BCUT2D eigenvalue weighted by Gasteiger charge is -2.37. The highest BCUT2D eigenvalue weighted by molar-refractivity contribution is 5.96. The Labute approximate surface area is 173 Å². The maximum absolute atomic E-state index is 13.2. The number of ether oxygens (including phenoxy) is 1. The molecular weight excluding hydrogens is 403 g/mol. The number of halogens is 3. The molecule has 0 bridgehead atoms.